The fourth-order valence-electron chi connectivity index (χ4n) is 8.56. The third-order valence-corrected chi connectivity index (χ3v) is 10.8. The molecule has 11 aromatic rings. The first-order chi connectivity index (χ1) is 25.3. The first kappa shape index (κ1) is 28.2. The first-order valence-corrected chi connectivity index (χ1v) is 17.6. The van der Waals surface area contributed by atoms with Crippen molar-refractivity contribution in [2.75, 3.05) is 0 Å². The number of furan rings is 1. The molecule has 0 bridgehead atoms. The lowest BCUT2D eigenvalue weighted by Gasteiger charge is -2.21. The van der Waals surface area contributed by atoms with Crippen molar-refractivity contribution in [1.29, 1.82) is 0 Å². The maximum atomic E-state index is 6.38. The third-order valence-electron chi connectivity index (χ3n) is 10.8. The molecule has 0 amide bonds. The van der Waals surface area contributed by atoms with Crippen LogP contribution in [0.5, 0.6) is 0 Å². The molecule has 0 atom stereocenters. The molecule has 0 spiro atoms. The van der Waals surface area contributed by atoms with E-state index in [1.165, 1.54) is 98.4 Å². The number of hydrogen-bond acceptors (Lipinski definition) is 1. The summed E-state index contributed by atoms with van der Waals surface area (Å²) in [7, 11) is 0. The van der Waals surface area contributed by atoms with Gasteiger partial charge in [-0.25, -0.2) is 0 Å². The SMILES string of the molecule is c1ccc(-c2ccc(-c3ccc4ccccc4c3)cc2-c2c3ccccc3c(-c3cc4cccc5oc6cccc3c6c45)c3ccccc23)cc1. The maximum absolute atomic E-state index is 6.38. The van der Waals surface area contributed by atoms with Crippen molar-refractivity contribution >= 4 is 65.0 Å². The van der Waals surface area contributed by atoms with Gasteiger partial charge in [0.25, 0.3) is 0 Å². The molecule has 11 rings (SSSR count). The highest BCUT2D eigenvalue weighted by molar-refractivity contribution is 6.30. The highest BCUT2D eigenvalue weighted by Crippen LogP contribution is 2.50. The molecule has 0 fully saturated rings. The molecule has 0 aliphatic heterocycles. The van der Waals surface area contributed by atoms with Crippen LogP contribution in [0.3, 0.4) is 0 Å². The summed E-state index contributed by atoms with van der Waals surface area (Å²) in [5, 5.41) is 12.3. The Labute approximate surface area is 295 Å². The molecule has 1 aromatic heterocycles. The molecule has 0 saturated carbocycles. The molecule has 0 N–H and O–H groups in total. The van der Waals surface area contributed by atoms with Gasteiger partial charge in [0.1, 0.15) is 11.2 Å². The van der Waals surface area contributed by atoms with E-state index < -0.39 is 0 Å². The highest BCUT2D eigenvalue weighted by Gasteiger charge is 2.23. The Bertz CT molecular complexity index is 3070. The van der Waals surface area contributed by atoms with Crippen LogP contribution in [0, 0.1) is 0 Å². The van der Waals surface area contributed by atoms with Crippen LogP contribution in [0.1, 0.15) is 0 Å². The van der Waals surface area contributed by atoms with Crippen molar-refractivity contribution in [2.45, 2.75) is 0 Å². The molecule has 236 valence electrons. The van der Waals surface area contributed by atoms with E-state index in [-0.39, 0.29) is 0 Å². The Kier molecular flexibility index (Phi) is 6.02. The van der Waals surface area contributed by atoms with E-state index in [2.05, 4.69) is 182 Å². The number of benzene rings is 10. The molecule has 51 heavy (non-hydrogen) atoms. The van der Waals surface area contributed by atoms with E-state index >= 15 is 0 Å². The summed E-state index contributed by atoms with van der Waals surface area (Å²) in [6, 6.07) is 66.5. The van der Waals surface area contributed by atoms with Gasteiger partial charge in [0, 0.05) is 10.8 Å². The Morgan fingerprint density at radius 1 is 0.275 bits per heavy atom. The summed E-state index contributed by atoms with van der Waals surface area (Å²) in [4.78, 5) is 0. The van der Waals surface area contributed by atoms with Crippen LogP contribution in [-0.4, -0.2) is 0 Å². The lowest BCUT2D eigenvalue weighted by atomic mass is 9.81. The van der Waals surface area contributed by atoms with E-state index in [1.54, 1.807) is 0 Å². The number of fused-ring (bicyclic) bond motifs is 3. The molecule has 0 unspecified atom stereocenters. The van der Waals surface area contributed by atoms with E-state index in [4.69, 9.17) is 4.42 Å². The fraction of sp³-hybridized carbons (Fsp3) is 0. The average molecular weight is 647 g/mol. The Balaban J connectivity index is 1.26. The van der Waals surface area contributed by atoms with Crippen LogP contribution in [0.2, 0.25) is 0 Å². The molecule has 1 heteroatoms. The molecule has 1 heterocycles. The topological polar surface area (TPSA) is 13.1 Å². The molecule has 0 saturated heterocycles. The van der Waals surface area contributed by atoms with Gasteiger partial charge >= 0.3 is 0 Å². The normalized spacial score (nSPS) is 11.9. The molecule has 1 nitrogen and oxygen atoms in total. The Morgan fingerprint density at radius 3 is 1.57 bits per heavy atom. The van der Waals surface area contributed by atoms with Gasteiger partial charge in [-0.3, -0.25) is 0 Å². The van der Waals surface area contributed by atoms with Gasteiger partial charge in [-0.1, -0.05) is 152 Å². The second-order valence-corrected chi connectivity index (χ2v) is 13.6. The zero-order valence-corrected chi connectivity index (χ0v) is 27.7. The molecule has 10 aromatic carbocycles. The van der Waals surface area contributed by atoms with E-state index in [0.29, 0.717) is 0 Å². The lowest BCUT2D eigenvalue weighted by molar-refractivity contribution is 0.669. The van der Waals surface area contributed by atoms with Gasteiger partial charge < -0.3 is 4.42 Å². The smallest absolute Gasteiger partial charge is 0.136 e. The average Bonchev–Trinajstić information content (AvgIpc) is 3.59. The molecule has 0 radical (unpaired) electrons. The highest BCUT2D eigenvalue weighted by atomic mass is 16.3. The van der Waals surface area contributed by atoms with Crippen molar-refractivity contribution in [2.24, 2.45) is 0 Å². The zero-order chi connectivity index (χ0) is 33.5. The summed E-state index contributed by atoms with van der Waals surface area (Å²) in [6.07, 6.45) is 0. The van der Waals surface area contributed by atoms with Crippen molar-refractivity contribution in [3.05, 3.63) is 182 Å². The second-order valence-electron chi connectivity index (χ2n) is 13.6. The van der Waals surface area contributed by atoms with Crippen LogP contribution in [0.15, 0.2) is 186 Å². The second kappa shape index (κ2) is 10.9. The van der Waals surface area contributed by atoms with Gasteiger partial charge in [0.15, 0.2) is 0 Å². The van der Waals surface area contributed by atoms with Crippen molar-refractivity contribution < 1.29 is 4.42 Å². The van der Waals surface area contributed by atoms with Crippen molar-refractivity contribution in [1.82, 2.24) is 0 Å². The number of hydrogen-bond donors (Lipinski definition) is 0. The van der Waals surface area contributed by atoms with Gasteiger partial charge in [0.05, 0.1) is 0 Å². The molecule has 0 aliphatic carbocycles. The maximum Gasteiger partial charge on any atom is 0.136 e. The largest absolute Gasteiger partial charge is 0.456 e. The van der Waals surface area contributed by atoms with Crippen molar-refractivity contribution in [3.63, 3.8) is 0 Å². The minimum Gasteiger partial charge on any atom is -0.456 e. The van der Waals surface area contributed by atoms with Crippen molar-refractivity contribution in [3.8, 4) is 44.5 Å². The third kappa shape index (κ3) is 4.22. The molecular formula is C50H30O. The molecule has 0 aliphatic rings. The number of rotatable bonds is 4. The summed E-state index contributed by atoms with van der Waals surface area (Å²) < 4.78 is 6.38. The van der Waals surface area contributed by atoms with E-state index in [9.17, 15) is 0 Å². The minimum atomic E-state index is 0.934. The van der Waals surface area contributed by atoms with Gasteiger partial charge in [-0.05, 0) is 118 Å². The molecular weight excluding hydrogens is 617 g/mol. The standard InChI is InChI=1S/C50H30O/c1-2-13-32(14-3-1)37-27-26-35(34-25-24-31-12-4-5-15-33(31)28-34)29-43(37)48-38-17-6-8-19-40(38)49(41-20-9-7-18-39(41)48)44-30-36-16-10-22-45-47(36)50-42(44)21-11-23-46(50)51-45/h1-30H. The van der Waals surface area contributed by atoms with Gasteiger partial charge in [-0.15, -0.1) is 0 Å². The minimum absolute atomic E-state index is 0.934. The lowest BCUT2D eigenvalue weighted by Crippen LogP contribution is -1.94. The van der Waals surface area contributed by atoms with E-state index in [0.717, 1.165) is 11.2 Å². The zero-order valence-electron chi connectivity index (χ0n) is 27.7. The summed E-state index contributed by atoms with van der Waals surface area (Å²) in [5.74, 6) is 0. The quantitative estimate of drug-likeness (QED) is 0.137. The Morgan fingerprint density at radius 2 is 0.824 bits per heavy atom. The van der Waals surface area contributed by atoms with Crippen LogP contribution in [0.25, 0.3) is 110 Å². The summed E-state index contributed by atoms with van der Waals surface area (Å²) in [5.41, 5.74) is 11.7. The van der Waals surface area contributed by atoms with Gasteiger partial charge in [0.2, 0.25) is 0 Å². The van der Waals surface area contributed by atoms with Crippen LogP contribution >= 0.6 is 0 Å². The van der Waals surface area contributed by atoms with Crippen LogP contribution < -0.4 is 0 Å². The summed E-state index contributed by atoms with van der Waals surface area (Å²) >= 11 is 0. The monoisotopic (exact) mass is 646 g/mol. The van der Waals surface area contributed by atoms with Gasteiger partial charge in [-0.2, -0.15) is 0 Å². The van der Waals surface area contributed by atoms with Crippen LogP contribution in [-0.2, 0) is 0 Å². The Hall–Kier alpha value is -6.70. The fourth-order valence-corrected chi connectivity index (χ4v) is 8.56. The summed E-state index contributed by atoms with van der Waals surface area (Å²) in [6.45, 7) is 0. The predicted molar refractivity (Wildman–Crippen MR) is 217 cm³/mol. The first-order valence-electron chi connectivity index (χ1n) is 17.6. The van der Waals surface area contributed by atoms with E-state index in [1.807, 2.05) is 0 Å². The predicted octanol–water partition coefficient (Wildman–Crippen LogP) is 14.3. The van der Waals surface area contributed by atoms with Crippen LogP contribution in [0.4, 0.5) is 0 Å².